The van der Waals surface area contributed by atoms with Crippen LogP contribution in [0.1, 0.15) is 42.0 Å². The Morgan fingerprint density at radius 1 is 1.30 bits per heavy atom. The summed E-state index contributed by atoms with van der Waals surface area (Å²) in [5.41, 5.74) is 1.29. The Balaban J connectivity index is 1.30. The number of hydrogen-bond donors (Lipinski definition) is 1. The van der Waals surface area contributed by atoms with Crippen molar-refractivity contribution < 1.29 is 14.5 Å². The number of quaternary nitrogens is 1. The summed E-state index contributed by atoms with van der Waals surface area (Å²) in [6, 6.07) is 2.15. The lowest BCUT2D eigenvalue weighted by Gasteiger charge is -2.37. The molecule has 4 rings (SSSR count). The van der Waals surface area contributed by atoms with E-state index in [2.05, 4.69) is 28.2 Å². The van der Waals surface area contributed by atoms with Gasteiger partial charge in [0.2, 0.25) is 11.8 Å². The molecule has 3 fully saturated rings. The van der Waals surface area contributed by atoms with E-state index in [9.17, 15) is 9.59 Å². The number of nitrogens with zero attached hydrogens (tertiary/aromatic N) is 2. The smallest absolute Gasteiger partial charge is 0.236 e. The molecule has 2 atom stereocenters. The maximum Gasteiger partial charge on any atom is 0.236 e. The molecule has 3 aliphatic rings. The number of amides is 2. The number of aryl methyl sites for hydroxylation is 1. The second-order valence-electron chi connectivity index (χ2n) is 8.08. The van der Waals surface area contributed by atoms with Gasteiger partial charge in [-0.2, -0.15) is 0 Å². The quantitative estimate of drug-likeness (QED) is 0.804. The van der Waals surface area contributed by atoms with Crippen molar-refractivity contribution in [1.82, 2.24) is 9.80 Å². The van der Waals surface area contributed by atoms with Crippen LogP contribution in [0.3, 0.4) is 0 Å². The molecule has 0 radical (unpaired) electrons. The predicted molar refractivity (Wildman–Crippen MR) is 110 cm³/mol. The van der Waals surface area contributed by atoms with E-state index < -0.39 is 0 Å². The third-order valence-corrected chi connectivity index (χ3v) is 8.89. The number of carbonyl (C=O) groups is 2. The van der Waals surface area contributed by atoms with E-state index in [1.165, 1.54) is 21.8 Å². The van der Waals surface area contributed by atoms with Crippen LogP contribution in [0, 0.1) is 12.8 Å². The second-order valence-corrected chi connectivity index (χ2v) is 10.5. The van der Waals surface area contributed by atoms with Crippen molar-refractivity contribution in [3.8, 4) is 0 Å². The van der Waals surface area contributed by atoms with Crippen LogP contribution < -0.4 is 4.90 Å². The van der Waals surface area contributed by atoms with Crippen molar-refractivity contribution in [2.45, 2.75) is 43.7 Å². The van der Waals surface area contributed by atoms with Crippen molar-refractivity contribution in [1.29, 1.82) is 0 Å². The molecule has 148 valence electrons. The van der Waals surface area contributed by atoms with Gasteiger partial charge < -0.3 is 14.7 Å². The summed E-state index contributed by atoms with van der Waals surface area (Å²) in [5, 5.41) is 2.34. The van der Waals surface area contributed by atoms with Gasteiger partial charge in [0.15, 0.2) is 0 Å². The van der Waals surface area contributed by atoms with Gasteiger partial charge in [-0.25, -0.2) is 0 Å². The monoisotopic (exact) mass is 408 g/mol. The van der Waals surface area contributed by atoms with Crippen molar-refractivity contribution >= 4 is 34.9 Å². The van der Waals surface area contributed by atoms with Crippen LogP contribution in [-0.2, 0) is 9.59 Å². The summed E-state index contributed by atoms with van der Waals surface area (Å²) in [5.74, 6) is 0.964. The largest absolute Gasteiger partial charge is 0.331 e. The fraction of sp³-hybridized carbons (Fsp3) is 0.700. The molecule has 27 heavy (non-hydrogen) atoms. The van der Waals surface area contributed by atoms with Crippen LogP contribution in [0.25, 0.3) is 0 Å². The molecule has 1 saturated carbocycles. The first-order valence-corrected chi connectivity index (χ1v) is 12.0. The van der Waals surface area contributed by atoms with Crippen LogP contribution in [0.2, 0.25) is 0 Å². The zero-order chi connectivity index (χ0) is 19.0. The van der Waals surface area contributed by atoms with E-state index in [1.807, 2.05) is 6.92 Å². The van der Waals surface area contributed by atoms with Gasteiger partial charge in [0.25, 0.3) is 0 Å². The maximum atomic E-state index is 12.7. The molecular formula is C20H30N3O2S2+. The molecule has 7 heteroatoms. The highest BCUT2D eigenvalue weighted by Crippen LogP contribution is 2.45. The lowest BCUT2D eigenvalue weighted by Crippen LogP contribution is -3.15. The van der Waals surface area contributed by atoms with Crippen LogP contribution >= 0.6 is 23.1 Å². The zero-order valence-electron chi connectivity index (χ0n) is 16.3. The molecule has 0 spiro atoms. The number of thioether (sulfide) groups is 1. The molecular weight excluding hydrogens is 378 g/mol. The summed E-state index contributed by atoms with van der Waals surface area (Å²) >= 11 is 3.55. The molecule has 1 aromatic heterocycles. The minimum absolute atomic E-state index is 0.0449. The fourth-order valence-corrected chi connectivity index (χ4v) is 6.78. The molecule has 2 aliphatic heterocycles. The number of piperazine rings is 1. The van der Waals surface area contributed by atoms with Crippen LogP contribution in [0.4, 0.5) is 0 Å². The van der Waals surface area contributed by atoms with Crippen molar-refractivity contribution in [3.63, 3.8) is 0 Å². The summed E-state index contributed by atoms with van der Waals surface area (Å²) in [6.07, 6.45) is 3.39. The minimum atomic E-state index is 0.0449. The van der Waals surface area contributed by atoms with Gasteiger partial charge in [0.05, 0.1) is 44.5 Å². The van der Waals surface area contributed by atoms with E-state index in [4.69, 9.17) is 0 Å². The third-order valence-electron chi connectivity index (χ3n) is 6.32. The topological polar surface area (TPSA) is 45.1 Å². The standard InChI is InChI=1S/C20H29N3O2S2/c1-14-6-13-26-17(14)20-23(18(24)15(2)27-20)12-9-21-7-10-22(11-8-21)19(25)16-4-3-5-16/h6,13,15-16,20H,3-5,7-12H2,1-2H3/p+1/t15-,20+/m0/s1. The van der Waals surface area contributed by atoms with Gasteiger partial charge in [-0.1, -0.05) is 6.42 Å². The number of nitrogens with one attached hydrogen (secondary N) is 1. The van der Waals surface area contributed by atoms with E-state index in [-0.39, 0.29) is 16.5 Å². The second kappa shape index (κ2) is 8.13. The molecule has 0 bridgehead atoms. The molecule has 1 N–H and O–H groups in total. The molecule has 2 saturated heterocycles. The molecule has 1 aliphatic carbocycles. The lowest BCUT2D eigenvalue weighted by atomic mass is 9.84. The molecule has 0 unspecified atom stereocenters. The van der Waals surface area contributed by atoms with Gasteiger partial charge >= 0.3 is 0 Å². The van der Waals surface area contributed by atoms with Crippen LogP contribution in [-0.4, -0.2) is 66.1 Å². The van der Waals surface area contributed by atoms with Gasteiger partial charge in [0, 0.05) is 10.8 Å². The highest BCUT2D eigenvalue weighted by atomic mass is 32.2. The maximum absolute atomic E-state index is 12.7. The Kier molecular flexibility index (Phi) is 5.81. The first kappa shape index (κ1) is 19.3. The Morgan fingerprint density at radius 2 is 2.04 bits per heavy atom. The Morgan fingerprint density at radius 3 is 2.63 bits per heavy atom. The number of rotatable bonds is 5. The van der Waals surface area contributed by atoms with E-state index in [1.54, 1.807) is 23.1 Å². The highest BCUT2D eigenvalue weighted by Gasteiger charge is 2.40. The van der Waals surface area contributed by atoms with E-state index in [0.717, 1.165) is 52.1 Å². The van der Waals surface area contributed by atoms with Gasteiger partial charge in [-0.05, 0) is 43.7 Å². The Labute approximate surface area is 170 Å². The van der Waals surface area contributed by atoms with Gasteiger partial charge in [0.1, 0.15) is 5.37 Å². The third kappa shape index (κ3) is 3.91. The molecule has 1 aromatic rings. The molecule has 3 heterocycles. The van der Waals surface area contributed by atoms with Crippen molar-refractivity contribution in [2.75, 3.05) is 39.3 Å². The zero-order valence-corrected chi connectivity index (χ0v) is 17.9. The number of thiophene rings is 1. The summed E-state index contributed by atoms with van der Waals surface area (Å²) in [6.45, 7) is 9.71. The normalized spacial score (nSPS) is 27.3. The summed E-state index contributed by atoms with van der Waals surface area (Å²) in [4.78, 5) is 32.1. The lowest BCUT2D eigenvalue weighted by molar-refractivity contribution is -0.903. The van der Waals surface area contributed by atoms with E-state index in [0.29, 0.717) is 11.8 Å². The molecule has 2 amide bonds. The molecule has 0 aromatic carbocycles. The summed E-state index contributed by atoms with van der Waals surface area (Å²) in [7, 11) is 0. The van der Waals surface area contributed by atoms with Gasteiger partial charge in [-0.15, -0.1) is 23.1 Å². The highest BCUT2D eigenvalue weighted by molar-refractivity contribution is 8.01. The Hall–Kier alpha value is -1.05. The number of carbonyl (C=O) groups excluding carboxylic acids is 2. The van der Waals surface area contributed by atoms with Crippen LogP contribution in [0.15, 0.2) is 11.4 Å². The molecule has 5 nitrogen and oxygen atoms in total. The average molecular weight is 409 g/mol. The first-order valence-electron chi connectivity index (χ1n) is 10.2. The first-order chi connectivity index (χ1) is 13.0. The summed E-state index contributed by atoms with van der Waals surface area (Å²) < 4.78 is 0. The van der Waals surface area contributed by atoms with Crippen molar-refractivity contribution in [3.05, 3.63) is 21.9 Å². The van der Waals surface area contributed by atoms with Crippen molar-refractivity contribution in [2.24, 2.45) is 5.92 Å². The Bertz CT molecular complexity index is 695. The van der Waals surface area contributed by atoms with Crippen LogP contribution in [0.5, 0.6) is 0 Å². The van der Waals surface area contributed by atoms with Gasteiger partial charge in [-0.3, -0.25) is 9.59 Å². The predicted octanol–water partition coefficient (Wildman–Crippen LogP) is 1.55. The SMILES string of the molecule is Cc1ccsc1[C@H]1S[C@@H](C)C(=O)N1CC[NH+]1CCN(C(=O)C2CCC2)CC1. The van der Waals surface area contributed by atoms with E-state index >= 15 is 0 Å². The average Bonchev–Trinajstić information content (AvgIpc) is 3.16. The number of hydrogen-bond acceptors (Lipinski definition) is 4. The fourth-order valence-electron chi connectivity index (χ4n) is 4.23. The minimum Gasteiger partial charge on any atom is -0.331 e.